The zero-order valence-corrected chi connectivity index (χ0v) is 7.97. The van der Waals surface area contributed by atoms with E-state index >= 15 is 0 Å². The number of hydrogen-bond donors (Lipinski definition) is 1. The number of aromatic nitrogens is 2. The van der Waals surface area contributed by atoms with Gasteiger partial charge >= 0.3 is 0 Å². The van der Waals surface area contributed by atoms with Crippen molar-refractivity contribution in [3.05, 3.63) is 30.2 Å². The molecule has 1 N–H and O–H groups in total. The number of aliphatic hydroxyl groups excluding tert-OH is 1. The molecule has 0 aliphatic rings. The number of furan rings is 1. The van der Waals surface area contributed by atoms with Crippen LogP contribution in [0.1, 0.15) is 12.7 Å². The highest BCUT2D eigenvalue weighted by Crippen LogP contribution is 2.21. The lowest BCUT2D eigenvalue weighted by atomic mass is 10.3. The van der Waals surface area contributed by atoms with Crippen molar-refractivity contribution in [2.45, 2.75) is 20.1 Å². The first-order valence-corrected chi connectivity index (χ1v) is 4.57. The molecule has 0 bridgehead atoms. The zero-order chi connectivity index (χ0) is 9.97. The van der Waals surface area contributed by atoms with Gasteiger partial charge in [-0.25, -0.2) is 0 Å². The number of aliphatic hydroxyl groups is 1. The lowest BCUT2D eigenvalue weighted by molar-refractivity contribution is 0.248. The van der Waals surface area contributed by atoms with E-state index < -0.39 is 0 Å². The number of nitrogens with zero attached hydrogens (tertiary/aromatic N) is 2. The van der Waals surface area contributed by atoms with Gasteiger partial charge < -0.3 is 9.52 Å². The molecule has 2 aromatic heterocycles. The van der Waals surface area contributed by atoms with Gasteiger partial charge in [-0.2, -0.15) is 5.10 Å². The van der Waals surface area contributed by atoms with E-state index in [-0.39, 0.29) is 6.61 Å². The first-order valence-electron chi connectivity index (χ1n) is 4.57. The van der Waals surface area contributed by atoms with Gasteiger partial charge in [0.15, 0.2) is 5.76 Å². The van der Waals surface area contributed by atoms with Crippen LogP contribution in [0.4, 0.5) is 0 Å². The third-order valence-corrected chi connectivity index (χ3v) is 2.09. The fraction of sp³-hybridized carbons (Fsp3) is 0.300. The van der Waals surface area contributed by atoms with E-state index in [2.05, 4.69) is 5.10 Å². The summed E-state index contributed by atoms with van der Waals surface area (Å²) in [6.07, 6.45) is 1.74. The molecule has 0 unspecified atom stereocenters. The summed E-state index contributed by atoms with van der Waals surface area (Å²) in [5, 5.41) is 13.0. The minimum absolute atomic E-state index is 0.0692. The summed E-state index contributed by atoms with van der Waals surface area (Å²) in [7, 11) is 0. The van der Waals surface area contributed by atoms with Crippen LogP contribution in [-0.2, 0) is 13.2 Å². The van der Waals surface area contributed by atoms with Crippen LogP contribution in [-0.4, -0.2) is 14.9 Å². The van der Waals surface area contributed by atoms with Crippen molar-refractivity contribution in [2.24, 2.45) is 0 Å². The lowest BCUT2D eigenvalue weighted by Crippen LogP contribution is -1.97. The quantitative estimate of drug-likeness (QED) is 0.804. The van der Waals surface area contributed by atoms with Crippen LogP contribution in [0.2, 0.25) is 0 Å². The molecule has 0 aromatic carbocycles. The molecule has 2 heterocycles. The first kappa shape index (κ1) is 9.02. The summed E-state index contributed by atoms with van der Waals surface area (Å²) in [5.74, 6) is 1.32. The molecule has 0 fully saturated rings. The van der Waals surface area contributed by atoms with E-state index in [9.17, 15) is 0 Å². The Labute approximate surface area is 81.8 Å². The summed E-state index contributed by atoms with van der Waals surface area (Å²) < 4.78 is 7.26. The molecule has 4 heteroatoms. The van der Waals surface area contributed by atoms with Crippen molar-refractivity contribution in [1.82, 2.24) is 9.78 Å². The summed E-state index contributed by atoms with van der Waals surface area (Å²) in [4.78, 5) is 0. The van der Waals surface area contributed by atoms with Gasteiger partial charge in [-0.3, -0.25) is 4.68 Å². The monoisotopic (exact) mass is 192 g/mol. The third kappa shape index (κ3) is 1.44. The van der Waals surface area contributed by atoms with Crippen molar-refractivity contribution in [1.29, 1.82) is 0 Å². The predicted molar refractivity (Wildman–Crippen MR) is 51.5 cm³/mol. The average molecular weight is 192 g/mol. The molecular formula is C10H12N2O2. The van der Waals surface area contributed by atoms with Crippen LogP contribution < -0.4 is 0 Å². The van der Waals surface area contributed by atoms with Gasteiger partial charge in [-0.15, -0.1) is 0 Å². The van der Waals surface area contributed by atoms with Crippen molar-refractivity contribution in [3.8, 4) is 11.5 Å². The maximum absolute atomic E-state index is 8.86. The second-order valence-corrected chi connectivity index (χ2v) is 2.96. The van der Waals surface area contributed by atoms with Gasteiger partial charge in [-0.05, 0) is 25.1 Å². The molecule has 0 radical (unpaired) electrons. The van der Waals surface area contributed by atoms with E-state index in [1.807, 2.05) is 23.7 Å². The van der Waals surface area contributed by atoms with E-state index in [1.165, 1.54) is 0 Å². The molecule has 2 aromatic rings. The Morgan fingerprint density at radius 3 is 2.93 bits per heavy atom. The molecule has 0 saturated carbocycles. The molecule has 0 aliphatic carbocycles. The van der Waals surface area contributed by atoms with Gasteiger partial charge in [0.25, 0.3) is 0 Å². The average Bonchev–Trinajstić information content (AvgIpc) is 2.85. The summed E-state index contributed by atoms with van der Waals surface area (Å²) >= 11 is 0. The van der Waals surface area contributed by atoms with Crippen molar-refractivity contribution in [3.63, 3.8) is 0 Å². The Hall–Kier alpha value is -1.55. The van der Waals surface area contributed by atoms with Crippen LogP contribution in [0, 0.1) is 0 Å². The molecule has 4 nitrogen and oxygen atoms in total. The van der Waals surface area contributed by atoms with Crippen molar-refractivity contribution >= 4 is 0 Å². The Kier molecular flexibility index (Phi) is 2.37. The number of aryl methyl sites for hydroxylation is 1. The van der Waals surface area contributed by atoms with E-state index in [4.69, 9.17) is 9.52 Å². The molecule has 0 saturated heterocycles. The molecule has 74 valence electrons. The lowest BCUT2D eigenvalue weighted by Gasteiger charge is -2.00. The fourth-order valence-electron chi connectivity index (χ4n) is 1.39. The Morgan fingerprint density at radius 1 is 1.43 bits per heavy atom. The molecule has 0 amide bonds. The normalized spacial score (nSPS) is 10.7. The molecule has 0 atom stereocenters. The highest BCUT2D eigenvalue weighted by atomic mass is 16.4. The minimum Gasteiger partial charge on any atom is -0.457 e. The standard InChI is InChI=1S/C10H12N2O2/c1-2-12-9(5-6-11-12)10-4-3-8(7-13)14-10/h3-6,13H,2,7H2,1H3. The van der Waals surface area contributed by atoms with Gasteiger partial charge in [0.05, 0.1) is 0 Å². The highest BCUT2D eigenvalue weighted by Gasteiger charge is 2.08. The molecule has 0 spiro atoms. The van der Waals surface area contributed by atoms with Crippen LogP contribution >= 0.6 is 0 Å². The topological polar surface area (TPSA) is 51.2 Å². The van der Waals surface area contributed by atoms with Crippen LogP contribution in [0.5, 0.6) is 0 Å². The van der Waals surface area contributed by atoms with Gasteiger partial charge in [0.1, 0.15) is 18.1 Å². The third-order valence-electron chi connectivity index (χ3n) is 2.09. The number of hydrogen-bond acceptors (Lipinski definition) is 3. The van der Waals surface area contributed by atoms with Crippen LogP contribution in [0.15, 0.2) is 28.8 Å². The summed E-state index contributed by atoms with van der Waals surface area (Å²) in [6, 6.07) is 5.50. The Morgan fingerprint density at radius 2 is 2.29 bits per heavy atom. The Bertz CT molecular complexity index is 417. The van der Waals surface area contributed by atoms with Crippen LogP contribution in [0.3, 0.4) is 0 Å². The summed E-state index contributed by atoms with van der Waals surface area (Å²) in [6.45, 7) is 2.75. The molecular weight excluding hydrogens is 180 g/mol. The maximum Gasteiger partial charge on any atom is 0.152 e. The van der Waals surface area contributed by atoms with E-state index in [0.717, 1.165) is 18.0 Å². The molecule has 14 heavy (non-hydrogen) atoms. The Balaban J connectivity index is 2.38. The fourth-order valence-corrected chi connectivity index (χ4v) is 1.39. The second-order valence-electron chi connectivity index (χ2n) is 2.96. The van der Waals surface area contributed by atoms with Gasteiger partial charge in [0, 0.05) is 12.7 Å². The molecule has 2 rings (SSSR count). The highest BCUT2D eigenvalue weighted by molar-refractivity contribution is 5.52. The first-order chi connectivity index (χ1) is 6.85. The van der Waals surface area contributed by atoms with Gasteiger partial charge in [0.2, 0.25) is 0 Å². The smallest absolute Gasteiger partial charge is 0.152 e. The van der Waals surface area contributed by atoms with Crippen molar-refractivity contribution in [2.75, 3.05) is 0 Å². The minimum atomic E-state index is -0.0692. The maximum atomic E-state index is 8.86. The molecule has 0 aliphatic heterocycles. The zero-order valence-electron chi connectivity index (χ0n) is 7.97. The van der Waals surface area contributed by atoms with Gasteiger partial charge in [-0.1, -0.05) is 0 Å². The van der Waals surface area contributed by atoms with Crippen LogP contribution in [0.25, 0.3) is 11.5 Å². The number of rotatable bonds is 3. The van der Waals surface area contributed by atoms with E-state index in [0.29, 0.717) is 5.76 Å². The largest absolute Gasteiger partial charge is 0.457 e. The second kappa shape index (κ2) is 3.67. The van der Waals surface area contributed by atoms with E-state index in [1.54, 1.807) is 12.3 Å². The SMILES string of the molecule is CCn1nccc1-c1ccc(CO)o1. The summed E-state index contributed by atoms with van der Waals surface area (Å²) in [5.41, 5.74) is 0.937. The van der Waals surface area contributed by atoms with Crippen molar-refractivity contribution < 1.29 is 9.52 Å². The predicted octanol–water partition coefficient (Wildman–Crippen LogP) is 1.66.